The summed E-state index contributed by atoms with van der Waals surface area (Å²) in [6.45, 7) is 3.78. The third-order valence-electron chi connectivity index (χ3n) is 3.91. The SMILES string of the molecule is Cc1cccc(C)c1OC[C@H](O)Cn1nc(-c2ccc(F)cc2)oc1=O. The second-order valence-electron chi connectivity index (χ2n) is 6.05. The molecule has 0 saturated heterocycles. The summed E-state index contributed by atoms with van der Waals surface area (Å²) < 4.78 is 24.7. The van der Waals surface area contributed by atoms with Crippen LogP contribution in [0.4, 0.5) is 4.39 Å². The molecule has 0 aliphatic carbocycles. The Morgan fingerprint density at radius 3 is 2.50 bits per heavy atom. The van der Waals surface area contributed by atoms with Gasteiger partial charge in [0.1, 0.15) is 24.3 Å². The van der Waals surface area contributed by atoms with Gasteiger partial charge in [-0.1, -0.05) is 18.2 Å². The Kier molecular flexibility index (Phi) is 5.18. The molecule has 0 aliphatic heterocycles. The van der Waals surface area contributed by atoms with E-state index in [0.29, 0.717) is 11.3 Å². The molecule has 6 nitrogen and oxygen atoms in total. The smallest absolute Gasteiger partial charge is 0.437 e. The average Bonchev–Trinajstić information content (AvgIpc) is 2.95. The number of benzene rings is 2. The van der Waals surface area contributed by atoms with Crippen molar-refractivity contribution in [2.75, 3.05) is 6.61 Å². The minimum atomic E-state index is -0.946. The van der Waals surface area contributed by atoms with Crippen LogP contribution < -0.4 is 10.5 Å². The summed E-state index contributed by atoms with van der Waals surface area (Å²) in [6, 6.07) is 11.2. The molecule has 0 radical (unpaired) electrons. The van der Waals surface area contributed by atoms with E-state index in [2.05, 4.69) is 5.10 Å². The predicted octanol–water partition coefficient (Wildman–Crippen LogP) is 2.70. The zero-order valence-electron chi connectivity index (χ0n) is 14.5. The highest BCUT2D eigenvalue weighted by molar-refractivity contribution is 5.51. The third kappa shape index (κ3) is 4.00. The van der Waals surface area contributed by atoms with Gasteiger partial charge < -0.3 is 14.3 Å². The number of hydrogen-bond acceptors (Lipinski definition) is 5. The van der Waals surface area contributed by atoms with E-state index < -0.39 is 17.7 Å². The first-order chi connectivity index (χ1) is 12.4. The number of aromatic nitrogens is 2. The van der Waals surface area contributed by atoms with E-state index in [4.69, 9.17) is 9.15 Å². The molecule has 0 unspecified atom stereocenters. The summed E-state index contributed by atoms with van der Waals surface area (Å²) >= 11 is 0. The van der Waals surface area contributed by atoms with E-state index in [1.165, 1.54) is 24.3 Å². The van der Waals surface area contributed by atoms with Gasteiger partial charge in [-0.15, -0.1) is 5.10 Å². The number of rotatable bonds is 6. The summed E-state index contributed by atoms with van der Waals surface area (Å²) in [5.41, 5.74) is 2.41. The zero-order chi connectivity index (χ0) is 18.7. The first-order valence-corrected chi connectivity index (χ1v) is 8.15. The van der Waals surface area contributed by atoms with Crippen LogP contribution in [-0.2, 0) is 6.54 Å². The molecule has 1 heterocycles. The molecular formula is C19H19FN2O4. The minimum Gasteiger partial charge on any atom is -0.490 e. The molecule has 7 heteroatoms. The van der Waals surface area contributed by atoms with E-state index in [9.17, 15) is 14.3 Å². The molecule has 1 N–H and O–H groups in total. The lowest BCUT2D eigenvalue weighted by Gasteiger charge is -2.15. The lowest BCUT2D eigenvalue weighted by molar-refractivity contribution is 0.0869. The summed E-state index contributed by atoms with van der Waals surface area (Å²) in [5.74, 6) is -0.311. The molecule has 0 aliphatic rings. The molecule has 3 aromatic rings. The third-order valence-corrected chi connectivity index (χ3v) is 3.91. The van der Waals surface area contributed by atoms with Gasteiger partial charge in [0.05, 0.1) is 6.54 Å². The number of hydrogen-bond donors (Lipinski definition) is 1. The molecular weight excluding hydrogens is 339 g/mol. The lowest BCUT2D eigenvalue weighted by Crippen LogP contribution is -2.29. The van der Waals surface area contributed by atoms with Crippen molar-refractivity contribution in [1.82, 2.24) is 9.78 Å². The molecule has 0 saturated carbocycles. The molecule has 26 heavy (non-hydrogen) atoms. The van der Waals surface area contributed by atoms with Crippen molar-refractivity contribution in [3.8, 4) is 17.2 Å². The largest absolute Gasteiger partial charge is 0.490 e. The van der Waals surface area contributed by atoms with Crippen molar-refractivity contribution >= 4 is 0 Å². The number of aryl methyl sites for hydroxylation is 2. The van der Waals surface area contributed by atoms with Crippen LogP contribution in [0, 0.1) is 19.7 Å². The fraction of sp³-hybridized carbons (Fsp3) is 0.263. The maximum atomic E-state index is 13.0. The first-order valence-electron chi connectivity index (χ1n) is 8.15. The Labute approximate surface area is 149 Å². The van der Waals surface area contributed by atoms with E-state index >= 15 is 0 Å². The van der Waals surface area contributed by atoms with Gasteiger partial charge in [-0.2, -0.15) is 4.68 Å². The Balaban J connectivity index is 1.67. The highest BCUT2D eigenvalue weighted by Crippen LogP contribution is 2.22. The Bertz CT molecular complexity index is 927. The van der Waals surface area contributed by atoms with E-state index in [-0.39, 0.29) is 19.0 Å². The Morgan fingerprint density at radius 1 is 1.19 bits per heavy atom. The lowest BCUT2D eigenvalue weighted by atomic mass is 10.1. The van der Waals surface area contributed by atoms with E-state index in [0.717, 1.165) is 15.8 Å². The topological polar surface area (TPSA) is 77.5 Å². The maximum absolute atomic E-state index is 13.0. The standard InChI is InChI=1S/C19H19FN2O4/c1-12-4-3-5-13(2)17(12)25-11-16(23)10-22-19(24)26-18(21-22)14-6-8-15(20)9-7-14/h3-9,16,23H,10-11H2,1-2H3/t16-/m1/s1. The van der Waals surface area contributed by atoms with Gasteiger partial charge in [-0.25, -0.2) is 9.18 Å². The number of para-hydroxylation sites is 1. The average molecular weight is 358 g/mol. The normalized spacial score (nSPS) is 12.2. The summed E-state index contributed by atoms with van der Waals surface area (Å²) in [5, 5.41) is 14.2. The van der Waals surface area contributed by atoms with Crippen LogP contribution in [0.3, 0.4) is 0 Å². The Hall–Kier alpha value is -2.93. The molecule has 136 valence electrons. The van der Waals surface area contributed by atoms with Gasteiger partial charge >= 0.3 is 5.76 Å². The number of halogens is 1. The summed E-state index contributed by atoms with van der Waals surface area (Å²) in [4.78, 5) is 11.9. The van der Waals surface area contributed by atoms with Crippen LogP contribution in [-0.4, -0.2) is 27.6 Å². The molecule has 2 aromatic carbocycles. The van der Waals surface area contributed by atoms with Crippen molar-refractivity contribution in [3.05, 3.63) is 70.0 Å². The molecule has 0 fully saturated rings. The number of aliphatic hydroxyl groups is 1. The van der Waals surface area contributed by atoms with Gasteiger partial charge in [0, 0.05) is 5.56 Å². The van der Waals surface area contributed by atoms with E-state index in [1.807, 2.05) is 32.0 Å². The number of nitrogens with zero attached hydrogens (tertiary/aromatic N) is 2. The minimum absolute atomic E-state index is 0.0108. The summed E-state index contributed by atoms with van der Waals surface area (Å²) in [7, 11) is 0. The van der Waals surface area contributed by atoms with Crippen molar-refractivity contribution in [2.45, 2.75) is 26.5 Å². The molecule has 1 atom stereocenters. The maximum Gasteiger partial charge on any atom is 0.437 e. The number of ether oxygens (including phenoxy) is 1. The van der Waals surface area contributed by atoms with Crippen LogP contribution in [0.25, 0.3) is 11.5 Å². The monoisotopic (exact) mass is 358 g/mol. The fourth-order valence-electron chi connectivity index (χ4n) is 2.59. The van der Waals surface area contributed by atoms with Gasteiger partial charge in [-0.3, -0.25) is 0 Å². The Morgan fingerprint density at radius 2 is 1.85 bits per heavy atom. The molecule has 1 aromatic heterocycles. The second kappa shape index (κ2) is 7.53. The molecule has 0 bridgehead atoms. The molecule has 0 amide bonds. The fourth-order valence-corrected chi connectivity index (χ4v) is 2.59. The van der Waals surface area contributed by atoms with Crippen LogP contribution in [0.5, 0.6) is 5.75 Å². The molecule has 0 spiro atoms. The highest BCUT2D eigenvalue weighted by Gasteiger charge is 2.15. The zero-order valence-corrected chi connectivity index (χ0v) is 14.5. The van der Waals surface area contributed by atoms with Crippen molar-refractivity contribution in [2.24, 2.45) is 0 Å². The number of aliphatic hydroxyl groups excluding tert-OH is 1. The second-order valence-corrected chi connectivity index (χ2v) is 6.05. The van der Waals surface area contributed by atoms with Crippen molar-refractivity contribution < 1.29 is 18.7 Å². The van der Waals surface area contributed by atoms with Gasteiger partial charge in [0.2, 0.25) is 5.89 Å². The van der Waals surface area contributed by atoms with Gasteiger partial charge in [0.25, 0.3) is 0 Å². The van der Waals surface area contributed by atoms with E-state index in [1.54, 1.807) is 0 Å². The van der Waals surface area contributed by atoms with Crippen LogP contribution in [0.1, 0.15) is 11.1 Å². The van der Waals surface area contributed by atoms with Crippen molar-refractivity contribution in [3.63, 3.8) is 0 Å². The first kappa shape index (κ1) is 17.9. The molecule has 3 rings (SSSR count). The highest BCUT2D eigenvalue weighted by atomic mass is 19.1. The van der Waals surface area contributed by atoms with Gasteiger partial charge in [0.15, 0.2) is 0 Å². The van der Waals surface area contributed by atoms with Crippen LogP contribution >= 0.6 is 0 Å². The van der Waals surface area contributed by atoms with Crippen LogP contribution in [0.15, 0.2) is 51.7 Å². The summed E-state index contributed by atoms with van der Waals surface area (Å²) in [6.07, 6.45) is -0.946. The van der Waals surface area contributed by atoms with Crippen molar-refractivity contribution in [1.29, 1.82) is 0 Å². The predicted molar refractivity (Wildman–Crippen MR) is 93.6 cm³/mol. The quantitative estimate of drug-likeness (QED) is 0.733. The van der Waals surface area contributed by atoms with Gasteiger partial charge in [-0.05, 0) is 49.2 Å². The van der Waals surface area contributed by atoms with Crippen LogP contribution in [0.2, 0.25) is 0 Å².